The van der Waals surface area contributed by atoms with Gasteiger partial charge in [0.05, 0.1) is 13.2 Å². The normalized spacial score (nSPS) is 12.6. The molecule has 1 rings (SSSR count). The molecule has 1 aromatic carbocycles. The molecule has 0 heterocycles. The number of halogens is 1. The van der Waals surface area contributed by atoms with E-state index in [9.17, 15) is 9.50 Å². The van der Waals surface area contributed by atoms with E-state index in [4.69, 9.17) is 9.84 Å². The van der Waals surface area contributed by atoms with Crippen LogP contribution < -0.4 is 4.74 Å². The largest absolute Gasteiger partial charge is 0.504 e. The zero-order valence-corrected chi connectivity index (χ0v) is 8.12. The van der Waals surface area contributed by atoms with E-state index in [1.54, 1.807) is 6.92 Å². The molecule has 0 aliphatic heterocycles. The van der Waals surface area contributed by atoms with Crippen LogP contribution in [0.4, 0.5) is 4.39 Å². The summed E-state index contributed by atoms with van der Waals surface area (Å²) in [6.07, 6.45) is -0.429. The Morgan fingerprint density at radius 2 is 2.14 bits per heavy atom. The number of aliphatic hydroxyl groups excluding tert-OH is 1. The molecular weight excluding hydrogens is 187 g/mol. The Labute approximate surface area is 81.8 Å². The smallest absolute Gasteiger partial charge is 0.160 e. The second kappa shape index (κ2) is 4.28. The lowest BCUT2D eigenvalue weighted by Gasteiger charge is -2.09. The van der Waals surface area contributed by atoms with Crippen molar-refractivity contribution in [2.45, 2.75) is 19.4 Å². The van der Waals surface area contributed by atoms with Gasteiger partial charge in [-0.3, -0.25) is 0 Å². The van der Waals surface area contributed by atoms with Crippen molar-refractivity contribution < 1.29 is 19.3 Å². The number of benzene rings is 1. The number of phenols is 1. The fraction of sp³-hybridized carbons (Fsp3) is 0.400. The third-order valence-electron chi connectivity index (χ3n) is 1.86. The Hall–Kier alpha value is -1.29. The first-order valence-electron chi connectivity index (χ1n) is 4.28. The van der Waals surface area contributed by atoms with Crippen molar-refractivity contribution in [1.82, 2.24) is 0 Å². The highest BCUT2D eigenvalue weighted by molar-refractivity contribution is 5.42. The molecule has 0 amide bonds. The first kappa shape index (κ1) is 10.8. The van der Waals surface area contributed by atoms with Crippen LogP contribution in [0.1, 0.15) is 12.5 Å². The van der Waals surface area contributed by atoms with Crippen LogP contribution in [-0.4, -0.2) is 23.4 Å². The van der Waals surface area contributed by atoms with Gasteiger partial charge in [-0.25, -0.2) is 4.39 Å². The van der Waals surface area contributed by atoms with Gasteiger partial charge in [0, 0.05) is 12.5 Å². The Kier molecular flexibility index (Phi) is 3.30. The molecule has 0 radical (unpaired) electrons. The second-order valence-electron chi connectivity index (χ2n) is 3.17. The van der Waals surface area contributed by atoms with Gasteiger partial charge in [0.25, 0.3) is 0 Å². The molecule has 0 aliphatic rings. The van der Waals surface area contributed by atoms with E-state index >= 15 is 0 Å². The summed E-state index contributed by atoms with van der Waals surface area (Å²) in [5, 5.41) is 18.3. The lowest BCUT2D eigenvalue weighted by molar-refractivity contribution is 0.194. The molecule has 1 unspecified atom stereocenters. The zero-order valence-electron chi connectivity index (χ0n) is 8.12. The molecule has 0 fully saturated rings. The Bertz CT molecular complexity index is 323. The molecule has 2 N–H and O–H groups in total. The van der Waals surface area contributed by atoms with Crippen LogP contribution in [0.15, 0.2) is 12.1 Å². The molecule has 0 saturated carbocycles. The van der Waals surface area contributed by atoms with Gasteiger partial charge < -0.3 is 14.9 Å². The first-order valence-corrected chi connectivity index (χ1v) is 4.28. The highest BCUT2D eigenvalue weighted by Gasteiger charge is 2.11. The maximum atomic E-state index is 13.2. The number of hydrogen-bond donors (Lipinski definition) is 2. The van der Waals surface area contributed by atoms with Crippen molar-refractivity contribution in [2.24, 2.45) is 0 Å². The second-order valence-corrected chi connectivity index (χ2v) is 3.17. The molecule has 4 heteroatoms. The third-order valence-corrected chi connectivity index (χ3v) is 1.86. The lowest BCUT2D eigenvalue weighted by atomic mass is 10.1. The molecule has 78 valence electrons. The summed E-state index contributed by atoms with van der Waals surface area (Å²) in [5.41, 5.74) is 0.328. The number of ether oxygens (including phenoxy) is 1. The fourth-order valence-corrected chi connectivity index (χ4v) is 1.22. The van der Waals surface area contributed by atoms with Crippen LogP contribution in [0.5, 0.6) is 11.5 Å². The molecule has 1 atom stereocenters. The summed E-state index contributed by atoms with van der Waals surface area (Å²) in [6.45, 7) is 1.57. The van der Waals surface area contributed by atoms with Gasteiger partial charge in [-0.2, -0.15) is 0 Å². The summed E-state index contributed by atoms with van der Waals surface area (Å²) < 4.78 is 18.0. The third kappa shape index (κ3) is 2.35. The average molecular weight is 200 g/mol. The minimum Gasteiger partial charge on any atom is -0.504 e. The predicted octanol–water partition coefficient (Wildman–Crippen LogP) is 1.46. The number of phenolic OH excluding ortho intramolecular Hbond substituents is 1. The van der Waals surface area contributed by atoms with Gasteiger partial charge >= 0.3 is 0 Å². The van der Waals surface area contributed by atoms with Gasteiger partial charge in [-0.15, -0.1) is 0 Å². The summed E-state index contributed by atoms with van der Waals surface area (Å²) in [4.78, 5) is 0. The van der Waals surface area contributed by atoms with Crippen molar-refractivity contribution in [2.75, 3.05) is 7.11 Å². The van der Waals surface area contributed by atoms with E-state index in [2.05, 4.69) is 0 Å². The van der Waals surface area contributed by atoms with E-state index in [-0.39, 0.29) is 17.9 Å². The topological polar surface area (TPSA) is 49.7 Å². The monoisotopic (exact) mass is 200 g/mol. The van der Waals surface area contributed by atoms with Crippen molar-refractivity contribution >= 4 is 0 Å². The summed E-state index contributed by atoms with van der Waals surface area (Å²) in [5.74, 6) is -0.564. The SMILES string of the molecule is COc1cc(CC(C)O)c(F)cc1O. The van der Waals surface area contributed by atoms with Crippen molar-refractivity contribution in [3.05, 3.63) is 23.5 Å². The van der Waals surface area contributed by atoms with Gasteiger partial charge in [0.2, 0.25) is 0 Å². The highest BCUT2D eigenvalue weighted by Crippen LogP contribution is 2.29. The van der Waals surface area contributed by atoms with E-state index in [1.807, 2.05) is 0 Å². The maximum absolute atomic E-state index is 13.2. The van der Waals surface area contributed by atoms with Gasteiger partial charge in [0.15, 0.2) is 11.5 Å². The molecule has 0 aliphatic carbocycles. The Morgan fingerprint density at radius 1 is 1.50 bits per heavy atom. The number of aromatic hydroxyl groups is 1. The quantitative estimate of drug-likeness (QED) is 0.776. The van der Waals surface area contributed by atoms with Crippen LogP contribution in [0.25, 0.3) is 0 Å². The zero-order chi connectivity index (χ0) is 10.7. The van der Waals surface area contributed by atoms with Crippen LogP contribution in [0, 0.1) is 5.82 Å². The van der Waals surface area contributed by atoms with E-state index in [1.165, 1.54) is 13.2 Å². The Morgan fingerprint density at radius 3 is 2.64 bits per heavy atom. The average Bonchev–Trinajstić information content (AvgIpc) is 2.09. The summed E-state index contributed by atoms with van der Waals surface area (Å²) in [7, 11) is 1.39. The Balaban J connectivity index is 3.04. The molecule has 3 nitrogen and oxygen atoms in total. The van der Waals surface area contributed by atoms with Crippen molar-refractivity contribution in [1.29, 1.82) is 0 Å². The first-order chi connectivity index (χ1) is 6.54. The van der Waals surface area contributed by atoms with Crippen LogP contribution >= 0.6 is 0 Å². The van der Waals surface area contributed by atoms with Crippen LogP contribution in [-0.2, 0) is 6.42 Å². The van der Waals surface area contributed by atoms with Crippen molar-refractivity contribution in [3.8, 4) is 11.5 Å². The van der Waals surface area contributed by atoms with E-state index in [0.717, 1.165) is 6.07 Å². The predicted molar refractivity (Wildman–Crippen MR) is 50.0 cm³/mol. The minimum absolute atomic E-state index is 0.197. The van der Waals surface area contributed by atoms with Gasteiger partial charge in [-0.1, -0.05) is 0 Å². The molecule has 0 bridgehead atoms. The van der Waals surface area contributed by atoms with Crippen LogP contribution in [0.3, 0.4) is 0 Å². The van der Waals surface area contributed by atoms with Gasteiger partial charge in [-0.05, 0) is 18.6 Å². The van der Waals surface area contributed by atoms with Crippen LogP contribution in [0.2, 0.25) is 0 Å². The molecule has 1 aromatic rings. The number of methoxy groups -OCH3 is 1. The standard InChI is InChI=1S/C10H13FO3/c1-6(12)3-7-4-10(14-2)9(13)5-8(7)11/h4-6,12-13H,3H2,1-2H3. The number of hydrogen-bond acceptors (Lipinski definition) is 3. The molecule has 0 saturated heterocycles. The number of rotatable bonds is 3. The molecular formula is C10H13FO3. The summed E-state index contributed by atoms with van der Waals surface area (Å²) >= 11 is 0. The summed E-state index contributed by atoms with van der Waals surface area (Å²) in [6, 6.07) is 2.37. The highest BCUT2D eigenvalue weighted by atomic mass is 19.1. The van der Waals surface area contributed by atoms with Crippen molar-refractivity contribution in [3.63, 3.8) is 0 Å². The molecule has 14 heavy (non-hydrogen) atoms. The maximum Gasteiger partial charge on any atom is 0.160 e. The van der Waals surface area contributed by atoms with Gasteiger partial charge in [0.1, 0.15) is 5.82 Å². The fourth-order valence-electron chi connectivity index (χ4n) is 1.22. The molecule has 0 spiro atoms. The molecule has 0 aromatic heterocycles. The minimum atomic E-state index is -0.626. The van der Waals surface area contributed by atoms with E-state index in [0.29, 0.717) is 5.56 Å². The van der Waals surface area contributed by atoms with E-state index < -0.39 is 11.9 Å². The lowest BCUT2D eigenvalue weighted by Crippen LogP contribution is -2.06. The number of aliphatic hydroxyl groups is 1.